The molecule has 2 unspecified atom stereocenters. The maximum absolute atomic E-state index is 6.56. The first-order valence-corrected chi connectivity index (χ1v) is 22.0. The molecule has 0 aliphatic carbocycles. The van der Waals surface area contributed by atoms with Crippen LogP contribution in [0.3, 0.4) is 0 Å². The Morgan fingerprint density at radius 3 is 1.24 bits per heavy atom. The molecular weight excluding hydrogens is 589 g/mol. The van der Waals surface area contributed by atoms with Crippen molar-refractivity contribution in [1.82, 2.24) is 4.90 Å². The van der Waals surface area contributed by atoms with Gasteiger partial charge in [0.15, 0.2) is 6.49 Å². The van der Waals surface area contributed by atoms with Gasteiger partial charge in [-0.15, -0.1) is 0 Å². The Morgan fingerprint density at radius 1 is 0.511 bits per heavy atom. The van der Waals surface area contributed by atoms with Gasteiger partial charge in [0.05, 0.1) is 12.2 Å². The number of hydrogen-bond acceptors (Lipinski definition) is 4. The van der Waals surface area contributed by atoms with E-state index in [0.717, 1.165) is 38.4 Å². The Kier molecular flexibility index (Phi) is 29.1. The van der Waals surface area contributed by atoms with Crippen LogP contribution < -0.4 is 0 Å². The summed E-state index contributed by atoms with van der Waals surface area (Å²) in [6, 6.07) is 0. The van der Waals surface area contributed by atoms with Crippen LogP contribution in [0.4, 0.5) is 0 Å². The Labute approximate surface area is 286 Å². The van der Waals surface area contributed by atoms with Crippen LogP contribution in [-0.2, 0) is 20.9 Å². The van der Waals surface area contributed by atoms with Gasteiger partial charge in [-0.25, -0.2) is 0 Å². The lowest BCUT2D eigenvalue weighted by molar-refractivity contribution is 0.133. The normalized spacial score (nSPS) is 20.8. The van der Waals surface area contributed by atoms with Crippen molar-refractivity contribution in [2.24, 2.45) is 0 Å². The van der Waals surface area contributed by atoms with E-state index < -0.39 is 6.49 Å². The second-order valence-electron chi connectivity index (χ2n) is 13.5. The molecule has 0 saturated carbocycles. The molecule has 45 heavy (non-hydrogen) atoms. The second-order valence-corrected chi connectivity index (χ2v) is 17.2. The Hall–Kier alpha value is -0.510. The number of allylic oxidation sites excluding steroid dienone is 8. The van der Waals surface area contributed by atoms with Gasteiger partial charge in [-0.1, -0.05) is 140 Å². The van der Waals surface area contributed by atoms with Gasteiger partial charge in [0, 0.05) is 12.7 Å². The van der Waals surface area contributed by atoms with Crippen molar-refractivity contribution in [2.75, 3.05) is 26.8 Å². The standard InChI is InChI=1S/C40H74NO2PS/c1-5-7-9-11-13-15-17-19-21-23-25-27-29-31-33-35-39-40(43-44(45,42-39)38-37-41(3)4)36-34-32-30-28-26-24-22-20-18-16-14-12-10-8-6-2/h13-16,19-22,39-40H,5-12,17-18,23-38H2,1-4H3. The highest BCUT2D eigenvalue weighted by molar-refractivity contribution is 8.10. The molecule has 2 atom stereocenters. The lowest BCUT2D eigenvalue weighted by atomic mass is 9.99. The van der Waals surface area contributed by atoms with Crippen molar-refractivity contribution in [2.45, 2.75) is 180 Å². The molecule has 5 heteroatoms. The molecule has 0 spiro atoms. The molecule has 0 aromatic rings. The quantitative estimate of drug-likeness (QED) is 0.0418. The van der Waals surface area contributed by atoms with E-state index in [1.54, 1.807) is 0 Å². The molecule has 3 nitrogen and oxygen atoms in total. The van der Waals surface area contributed by atoms with Gasteiger partial charge >= 0.3 is 0 Å². The van der Waals surface area contributed by atoms with Crippen LogP contribution in [0.15, 0.2) is 48.6 Å². The maximum atomic E-state index is 6.56. The minimum absolute atomic E-state index is 0.210. The molecule has 1 aliphatic heterocycles. The molecule has 0 amide bonds. The summed E-state index contributed by atoms with van der Waals surface area (Å²) in [7, 11) is 4.22. The zero-order valence-corrected chi connectivity index (χ0v) is 32.0. The molecule has 0 N–H and O–H groups in total. The van der Waals surface area contributed by atoms with E-state index >= 15 is 0 Å². The average Bonchev–Trinajstić information content (AvgIpc) is 3.35. The summed E-state index contributed by atoms with van der Waals surface area (Å²) < 4.78 is 13.1. The van der Waals surface area contributed by atoms with E-state index in [4.69, 9.17) is 20.9 Å². The summed E-state index contributed by atoms with van der Waals surface area (Å²) in [6.07, 6.45) is 50.3. The zero-order valence-electron chi connectivity index (χ0n) is 30.3. The Bertz CT molecular complexity index is 763. The Balaban J connectivity index is 2.20. The van der Waals surface area contributed by atoms with Gasteiger partial charge in [0.25, 0.3) is 0 Å². The van der Waals surface area contributed by atoms with E-state index in [-0.39, 0.29) is 12.2 Å². The van der Waals surface area contributed by atoms with Crippen molar-refractivity contribution in [3.05, 3.63) is 48.6 Å². The van der Waals surface area contributed by atoms with Gasteiger partial charge in [0.1, 0.15) is 0 Å². The predicted octanol–water partition coefficient (Wildman–Crippen LogP) is 13.3. The van der Waals surface area contributed by atoms with Crippen LogP contribution in [0, 0.1) is 0 Å². The van der Waals surface area contributed by atoms with Crippen molar-refractivity contribution >= 4 is 18.3 Å². The van der Waals surface area contributed by atoms with Crippen LogP contribution >= 0.6 is 6.49 Å². The van der Waals surface area contributed by atoms with E-state index in [0.29, 0.717) is 0 Å². The van der Waals surface area contributed by atoms with Gasteiger partial charge in [0.2, 0.25) is 0 Å². The fraction of sp³-hybridized carbons (Fsp3) is 0.800. The first-order valence-electron chi connectivity index (χ1n) is 19.2. The van der Waals surface area contributed by atoms with E-state index in [1.165, 1.54) is 128 Å². The molecule has 1 heterocycles. The molecule has 0 radical (unpaired) electrons. The molecule has 1 fully saturated rings. The summed E-state index contributed by atoms with van der Waals surface area (Å²) >= 11 is 5.98. The SMILES string of the molecule is CCCCCC=CCC=CCCCCCCCC1OP(=S)(CCN(C)C)OC1CCCCCCCC=CCC=CCCCCC. The molecule has 0 aromatic heterocycles. The van der Waals surface area contributed by atoms with Crippen molar-refractivity contribution in [1.29, 1.82) is 0 Å². The van der Waals surface area contributed by atoms with Gasteiger partial charge in [-0.05, 0) is 103 Å². The largest absolute Gasteiger partial charge is 0.323 e. The molecular formula is C40H74NO2PS. The second kappa shape index (κ2) is 30.8. The fourth-order valence-corrected chi connectivity index (χ4v) is 8.91. The van der Waals surface area contributed by atoms with Crippen LogP contribution in [0.1, 0.15) is 168 Å². The molecule has 262 valence electrons. The van der Waals surface area contributed by atoms with Crippen molar-refractivity contribution in [3.8, 4) is 0 Å². The number of unbranched alkanes of at least 4 members (excludes halogenated alkanes) is 16. The topological polar surface area (TPSA) is 21.7 Å². The summed E-state index contributed by atoms with van der Waals surface area (Å²) in [5.41, 5.74) is 0. The first-order chi connectivity index (χ1) is 22.0. The maximum Gasteiger partial charge on any atom is 0.190 e. The highest BCUT2D eigenvalue weighted by Gasteiger charge is 2.39. The lowest BCUT2D eigenvalue weighted by Crippen LogP contribution is -2.22. The summed E-state index contributed by atoms with van der Waals surface area (Å²) in [5, 5.41) is 0. The Morgan fingerprint density at radius 2 is 0.867 bits per heavy atom. The van der Waals surface area contributed by atoms with Crippen molar-refractivity contribution < 1.29 is 9.05 Å². The smallest absolute Gasteiger partial charge is 0.190 e. The predicted molar refractivity (Wildman–Crippen MR) is 206 cm³/mol. The third-order valence-electron chi connectivity index (χ3n) is 8.71. The van der Waals surface area contributed by atoms with E-state index in [1.807, 2.05) is 0 Å². The fourth-order valence-electron chi connectivity index (χ4n) is 5.79. The minimum Gasteiger partial charge on any atom is -0.323 e. The van der Waals surface area contributed by atoms with Crippen LogP contribution in [0.5, 0.6) is 0 Å². The summed E-state index contributed by atoms with van der Waals surface area (Å²) in [6.45, 7) is 3.33. The molecule has 1 rings (SSSR count). The lowest BCUT2D eigenvalue weighted by Gasteiger charge is -2.17. The highest BCUT2D eigenvalue weighted by atomic mass is 32.5. The molecule has 1 saturated heterocycles. The number of nitrogens with zero attached hydrogens (tertiary/aromatic N) is 1. The van der Waals surface area contributed by atoms with Gasteiger partial charge in [-0.3, -0.25) is 0 Å². The van der Waals surface area contributed by atoms with Gasteiger partial charge < -0.3 is 13.9 Å². The summed E-state index contributed by atoms with van der Waals surface area (Å²) in [5.74, 6) is 0. The van der Waals surface area contributed by atoms with Crippen LogP contribution in [0.25, 0.3) is 0 Å². The zero-order chi connectivity index (χ0) is 32.7. The third kappa shape index (κ3) is 26.2. The van der Waals surface area contributed by atoms with Crippen LogP contribution in [0.2, 0.25) is 0 Å². The average molecular weight is 664 g/mol. The number of hydrogen-bond donors (Lipinski definition) is 0. The highest BCUT2D eigenvalue weighted by Crippen LogP contribution is 2.58. The van der Waals surface area contributed by atoms with Gasteiger partial charge in [-0.2, -0.15) is 0 Å². The van der Waals surface area contributed by atoms with E-state index in [9.17, 15) is 0 Å². The molecule has 1 aliphatic rings. The minimum atomic E-state index is -2.15. The molecule has 0 bridgehead atoms. The van der Waals surface area contributed by atoms with E-state index in [2.05, 4.69) is 81.5 Å². The van der Waals surface area contributed by atoms with Crippen molar-refractivity contribution in [3.63, 3.8) is 0 Å². The monoisotopic (exact) mass is 664 g/mol. The molecule has 0 aromatic carbocycles. The first kappa shape index (κ1) is 42.5. The number of rotatable bonds is 31. The summed E-state index contributed by atoms with van der Waals surface area (Å²) in [4.78, 5) is 2.20. The third-order valence-corrected chi connectivity index (χ3v) is 11.7. The van der Waals surface area contributed by atoms with Crippen LogP contribution in [-0.4, -0.2) is 43.9 Å².